The molecule has 0 atom stereocenters. The van der Waals surface area contributed by atoms with Crippen LogP contribution in [0.2, 0.25) is 0 Å². The molecule has 1 aliphatic carbocycles. The second-order valence-electron chi connectivity index (χ2n) is 9.03. The van der Waals surface area contributed by atoms with Gasteiger partial charge in [0.15, 0.2) is 5.16 Å². The fourth-order valence-corrected chi connectivity index (χ4v) is 5.61. The normalized spacial score (nSPS) is 14.6. The Labute approximate surface area is 206 Å². The number of halogens is 1. The van der Waals surface area contributed by atoms with Gasteiger partial charge < -0.3 is 5.32 Å². The quantitative estimate of drug-likeness (QED) is 0.369. The van der Waals surface area contributed by atoms with Crippen LogP contribution in [0.5, 0.6) is 0 Å². The number of carbonyl (C=O) groups is 1. The summed E-state index contributed by atoms with van der Waals surface area (Å²) in [5.41, 5.74) is 1.78. The molecule has 0 unspecified atom stereocenters. The number of benzene rings is 2. The van der Waals surface area contributed by atoms with Crippen molar-refractivity contribution in [1.82, 2.24) is 24.5 Å². The Hall–Kier alpha value is -3.20. The Morgan fingerprint density at radius 2 is 1.97 bits per heavy atom. The number of amides is 1. The first-order chi connectivity index (χ1) is 17.0. The molecule has 0 bridgehead atoms. The third-order valence-corrected chi connectivity index (χ3v) is 7.48. The van der Waals surface area contributed by atoms with Gasteiger partial charge in [-0.2, -0.15) is 0 Å². The number of hydrogen-bond donors (Lipinski definition) is 1. The Balaban J connectivity index is 1.57. The van der Waals surface area contributed by atoms with E-state index in [0.29, 0.717) is 39.7 Å². The van der Waals surface area contributed by atoms with E-state index in [-0.39, 0.29) is 23.3 Å². The molecular formula is C26H28FN5O2S. The SMILES string of the molecule is CCCn1c(=O)c2ccc(C(=O)NC3CCCCC3)cc2n2c(SCc3cccc(F)c3)nnc12. The molecule has 2 aromatic carbocycles. The molecule has 0 aliphatic heterocycles. The number of aryl methyl sites for hydroxylation is 1. The van der Waals surface area contributed by atoms with E-state index in [9.17, 15) is 14.0 Å². The average Bonchev–Trinajstić information content (AvgIpc) is 3.29. The Morgan fingerprint density at radius 1 is 1.14 bits per heavy atom. The fraction of sp³-hybridized carbons (Fsp3) is 0.385. The van der Waals surface area contributed by atoms with Crippen LogP contribution in [0.1, 0.15) is 61.4 Å². The number of aromatic nitrogens is 4. The lowest BCUT2D eigenvalue weighted by molar-refractivity contribution is 0.0928. The monoisotopic (exact) mass is 493 g/mol. The Bertz CT molecular complexity index is 1440. The number of nitrogens with one attached hydrogen (secondary N) is 1. The van der Waals surface area contributed by atoms with Crippen molar-refractivity contribution in [2.45, 2.75) is 68.9 Å². The summed E-state index contributed by atoms with van der Waals surface area (Å²) in [7, 11) is 0. The van der Waals surface area contributed by atoms with E-state index in [1.807, 2.05) is 17.4 Å². The maximum absolute atomic E-state index is 13.6. The van der Waals surface area contributed by atoms with Crippen LogP contribution in [-0.4, -0.2) is 31.1 Å². The summed E-state index contributed by atoms with van der Waals surface area (Å²) in [5.74, 6) is 0.516. The van der Waals surface area contributed by atoms with Gasteiger partial charge in [-0.25, -0.2) is 4.39 Å². The molecule has 35 heavy (non-hydrogen) atoms. The molecule has 7 nitrogen and oxygen atoms in total. The average molecular weight is 494 g/mol. The van der Waals surface area contributed by atoms with Gasteiger partial charge in [-0.15, -0.1) is 10.2 Å². The van der Waals surface area contributed by atoms with Crippen LogP contribution in [0.15, 0.2) is 52.4 Å². The fourth-order valence-electron chi connectivity index (χ4n) is 4.73. The number of fused-ring (bicyclic) bond motifs is 3. The van der Waals surface area contributed by atoms with Crippen LogP contribution in [0.4, 0.5) is 4.39 Å². The summed E-state index contributed by atoms with van der Waals surface area (Å²) < 4.78 is 17.1. The second kappa shape index (κ2) is 10.2. The molecule has 1 saturated carbocycles. The van der Waals surface area contributed by atoms with Crippen molar-refractivity contribution in [2.75, 3.05) is 0 Å². The summed E-state index contributed by atoms with van der Waals surface area (Å²) in [6.07, 6.45) is 6.24. The molecule has 9 heteroatoms. The smallest absolute Gasteiger partial charge is 0.262 e. The van der Waals surface area contributed by atoms with Crippen molar-refractivity contribution < 1.29 is 9.18 Å². The number of carbonyl (C=O) groups excluding carboxylic acids is 1. The molecule has 1 aliphatic rings. The summed E-state index contributed by atoms with van der Waals surface area (Å²) in [4.78, 5) is 26.3. The molecule has 0 spiro atoms. The van der Waals surface area contributed by atoms with Crippen molar-refractivity contribution >= 4 is 34.3 Å². The van der Waals surface area contributed by atoms with E-state index in [2.05, 4.69) is 15.5 Å². The summed E-state index contributed by atoms with van der Waals surface area (Å²) in [6.45, 7) is 2.51. The third-order valence-electron chi connectivity index (χ3n) is 6.48. The Morgan fingerprint density at radius 3 is 2.74 bits per heavy atom. The van der Waals surface area contributed by atoms with Gasteiger partial charge >= 0.3 is 0 Å². The highest BCUT2D eigenvalue weighted by Gasteiger charge is 2.20. The van der Waals surface area contributed by atoms with Crippen LogP contribution >= 0.6 is 11.8 Å². The molecule has 5 rings (SSSR count). The lowest BCUT2D eigenvalue weighted by Crippen LogP contribution is -2.36. The molecule has 4 aromatic rings. The minimum absolute atomic E-state index is 0.133. The summed E-state index contributed by atoms with van der Waals surface area (Å²) in [6, 6.07) is 11.8. The van der Waals surface area contributed by atoms with Gasteiger partial charge in [-0.05, 0) is 55.2 Å². The van der Waals surface area contributed by atoms with Gasteiger partial charge in [-0.3, -0.25) is 18.6 Å². The molecule has 2 aromatic heterocycles. The van der Waals surface area contributed by atoms with Crippen LogP contribution in [0, 0.1) is 5.82 Å². The van der Waals surface area contributed by atoms with Crippen molar-refractivity contribution in [3.05, 3.63) is 69.8 Å². The second-order valence-corrected chi connectivity index (χ2v) is 9.98. The van der Waals surface area contributed by atoms with Crippen molar-refractivity contribution in [3.63, 3.8) is 0 Å². The highest BCUT2D eigenvalue weighted by atomic mass is 32.2. The van der Waals surface area contributed by atoms with Gasteiger partial charge in [0.1, 0.15) is 5.82 Å². The van der Waals surface area contributed by atoms with Gasteiger partial charge in [0.05, 0.1) is 10.9 Å². The molecule has 1 N–H and O–H groups in total. The maximum atomic E-state index is 13.6. The van der Waals surface area contributed by atoms with Gasteiger partial charge in [0.25, 0.3) is 11.5 Å². The lowest BCUT2D eigenvalue weighted by atomic mass is 9.95. The van der Waals surface area contributed by atoms with Gasteiger partial charge in [0.2, 0.25) is 5.78 Å². The molecule has 1 amide bonds. The molecule has 0 saturated heterocycles. The predicted molar refractivity (Wildman–Crippen MR) is 135 cm³/mol. The van der Waals surface area contributed by atoms with Gasteiger partial charge in [0, 0.05) is 23.9 Å². The molecule has 2 heterocycles. The number of hydrogen-bond acceptors (Lipinski definition) is 5. The summed E-state index contributed by atoms with van der Waals surface area (Å²) in [5, 5.41) is 12.9. The van der Waals surface area contributed by atoms with Crippen molar-refractivity contribution in [2.24, 2.45) is 0 Å². The van der Waals surface area contributed by atoms with E-state index in [1.54, 1.807) is 28.8 Å². The summed E-state index contributed by atoms with van der Waals surface area (Å²) >= 11 is 1.42. The maximum Gasteiger partial charge on any atom is 0.262 e. The molecular weight excluding hydrogens is 465 g/mol. The highest BCUT2D eigenvalue weighted by molar-refractivity contribution is 7.98. The van der Waals surface area contributed by atoms with Crippen LogP contribution < -0.4 is 10.9 Å². The highest BCUT2D eigenvalue weighted by Crippen LogP contribution is 2.26. The predicted octanol–water partition coefficient (Wildman–Crippen LogP) is 4.95. The largest absolute Gasteiger partial charge is 0.349 e. The number of nitrogens with zero attached hydrogens (tertiary/aromatic N) is 4. The first kappa shape index (κ1) is 23.5. The zero-order valence-corrected chi connectivity index (χ0v) is 20.5. The number of thioether (sulfide) groups is 1. The number of rotatable bonds is 7. The van der Waals surface area contributed by atoms with Crippen molar-refractivity contribution in [3.8, 4) is 0 Å². The van der Waals surface area contributed by atoms with E-state index in [1.165, 1.54) is 30.3 Å². The zero-order chi connectivity index (χ0) is 24.4. The minimum Gasteiger partial charge on any atom is -0.349 e. The van der Waals surface area contributed by atoms with Crippen LogP contribution in [0.25, 0.3) is 16.7 Å². The van der Waals surface area contributed by atoms with E-state index < -0.39 is 0 Å². The topological polar surface area (TPSA) is 81.3 Å². The minimum atomic E-state index is -0.287. The third kappa shape index (κ3) is 4.82. The van der Waals surface area contributed by atoms with E-state index >= 15 is 0 Å². The zero-order valence-electron chi connectivity index (χ0n) is 19.7. The molecule has 1 fully saturated rings. The van der Waals surface area contributed by atoms with E-state index in [4.69, 9.17) is 0 Å². The lowest BCUT2D eigenvalue weighted by Gasteiger charge is -2.22. The first-order valence-electron chi connectivity index (χ1n) is 12.1. The van der Waals surface area contributed by atoms with Gasteiger partial charge in [-0.1, -0.05) is 50.1 Å². The standard InChI is InChI=1S/C26H28FN5O2S/c1-2-13-31-24(34)21-12-11-18(23(33)28-20-9-4-3-5-10-20)15-22(21)32-25(31)29-30-26(32)35-16-17-7-6-8-19(27)14-17/h6-8,11-12,14-15,20H,2-5,9-10,13,16H2,1H3,(H,28,33). The van der Waals surface area contributed by atoms with E-state index in [0.717, 1.165) is 37.7 Å². The molecule has 182 valence electrons. The molecule has 0 radical (unpaired) electrons. The Kier molecular flexibility index (Phi) is 6.86. The van der Waals surface area contributed by atoms with Crippen LogP contribution in [-0.2, 0) is 12.3 Å². The van der Waals surface area contributed by atoms with Crippen LogP contribution in [0.3, 0.4) is 0 Å². The van der Waals surface area contributed by atoms with Crippen molar-refractivity contribution in [1.29, 1.82) is 0 Å². The first-order valence-corrected chi connectivity index (χ1v) is 13.1.